The van der Waals surface area contributed by atoms with E-state index in [0.717, 1.165) is 52.9 Å². The number of rotatable bonds is 24. The third-order valence-electron chi connectivity index (χ3n) is 11.1. The van der Waals surface area contributed by atoms with Crippen LogP contribution >= 0.6 is 0 Å². The molecule has 0 unspecified atom stereocenters. The highest BCUT2D eigenvalue weighted by Crippen LogP contribution is 2.36. The van der Waals surface area contributed by atoms with Crippen LogP contribution < -0.4 is 23.8 Å². The summed E-state index contributed by atoms with van der Waals surface area (Å²) in [5.41, 5.74) is 12.6. The van der Waals surface area contributed by atoms with E-state index in [9.17, 15) is 0 Å². The van der Waals surface area contributed by atoms with E-state index < -0.39 is 0 Å². The fourth-order valence-electron chi connectivity index (χ4n) is 7.57. The van der Waals surface area contributed by atoms with E-state index in [-0.39, 0.29) is 0 Å². The Morgan fingerprint density at radius 1 is 0.383 bits per heavy atom. The molecule has 6 aromatic rings. The number of hydrogen-bond donors (Lipinski definition) is 0. The zero-order valence-corrected chi connectivity index (χ0v) is 36.7. The monoisotopic (exact) mass is 803 g/mol. The highest BCUT2D eigenvalue weighted by Gasteiger charge is 2.14. The van der Waals surface area contributed by atoms with Gasteiger partial charge < -0.3 is 23.8 Å². The lowest BCUT2D eigenvalue weighted by molar-refractivity contribution is 0.217. The number of hydrogen-bond acceptors (Lipinski definition) is 5. The van der Waals surface area contributed by atoms with Crippen LogP contribution in [-0.4, -0.2) is 26.4 Å². The van der Waals surface area contributed by atoms with Crippen molar-refractivity contribution in [3.63, 3.8) is 0 Å². The first kappa shape index (κ1) is 43.9. The van der Waals surface area contributed by atoms with Gasteiger partial charge in [0.25, 0.3) is 0 Å². The predicted molar refractivity (Wildman–Crippen MR) is 251 cm³/mol. The van der Waals surface area contributed by atoms with Crippen LogP contribution in [0.15, 0.2) is 133 Å². The molecule has 0 aliphatic heterocycles. The molecule has 0 atom stereocenters. The van der Waals surface area contributed by atoms with Gasteiger partial charge in [-0.25, -0.2) is 0 Å². The molecular formula is C55H65NO4. The second-order valence-electron chi connectivity index (χ2n) is 15.9. The second kappa shape index (κ2) is 23.2. The summed E-state index contributed by atoms with van der Waals surface area (Å²) in [6.45, 7) is 12.9. The maximum Gasteiger partial charge on any atom is 0.122 e. The molecule has 0 spiro atoms. The van der Waals surface area contributed by atoms with Gasteiger partial charge in [-0.05, 0) is 159 Å². The third-order valence-corrected chi connectivity index (χ3v) is 11.1. The zero-order valence-electron chi connectivity index (χ0n) is 36.7. The molecule has 314 valence electrons. The van der Waals surface area contributed by atoms with Crippen LogP contribution in [0.1, 0.15) is 93.0 Å². The topological polar surface area (TPSA) is 40.2 Å². The van der Waals surface area contributed by atoms with Gasteiger partial charge in [-0.2, -0.15) is 0 Å². The van der Waals surface area contributed by atoms with Gasteiger partial charge in [0.1, 0.15) is 49.4 Å². The molecule has 0 heterocycles. The van der Waals surface area contributed by atoms with Crippen molar-refractivity contribution in [2.24, 2.45) is 0 Å². The zero-order chi connectivity index (χ0) is 41.9. The Kier molecular flexibility index (Phi) is 17.0. The Morgan fingerprint density at radius 3 is 1.18 bits per heavy atom. The first-order valence-corrected chi connectivity index (χ1v) is 22.3. The summed E-state index contributed by atoms with van der Waals surface area (Å²) in [5, 5.41) is 0. The molecule has 5 nitrogen and oxygen atoms in total. The lowest BCUT2D eigenvalue weighted by Gasteiger charge is -2.26. The van der Waals surface area contributed by atoms with Crippen LogP contribution in [-0.2, 0) is 12.8 Å². The average molecular weight is 804 g/mol. The summed E-state index contributed by atoms with van der Waals surface area (Å²) in [5.74, 6) is 3.30. The van der Waals surface area contributed by atoms with Gasteiger partial charge in [-0.3, -0.25) is 0 Å². The van der Waals surface area contributed by atoms with Crippen LogP contribution in [0.25, 0.3) is 11.1 Å². The van der Waals surface area contributed by atoms with Crippen molar-refractivity contribution in [3.05, 3.63) is 161 Å². The van der Waals surface area contributed by atoms with E-state index in [1.165, 1.54) is 90.3 Å². The van der Waals surface area contributed by atoms with E-state index in [4.69, 9.17) is 18.9 Å². The number of unbranched alkanes of at least 4 members (excludes halogenated alkanes) is 6. The molecule has 60 heavy (non-hydrogen) atoms. The molecular weight excluding hydrogens is 739 g/mol. The molecule has 6 rings (SSSR count). The van der Waals surface area contributed by atoms with Gasteiger partial charge in [0, 0.05) is 17.1 Å². The highest BCUT2D eigenvalue weighted by molar-refractivity contribution is 5.77. The number of aryl methyl sites for hydroxylation is 5. The molecule has 6 aromatic carbocycles. The van der Waals surface area contributed by atoms with E-state index >= 15 is 0 Å². The number of anilines is 3. The molecule has 0 radical (unpaired) electrons. The van der Waals surface area contributed by atoms with Gasteiger partial charge in [-0.15, -0.1) is 0 Å². The van der Waals surface area contributed by atoms with Crippen LogP contribution in [0.2, 0.25) is 0 Å². The van der Waals surface area contributed by atoms with Crippen LogP contribution in [0.4, 0.5) is 17.1 Å². The summed E-state index contributed by atoms with van der Waals surface area (Å²) in [4.78, 5) is 2.24. The van der Waals surface area contributed by atoms with Gasteiger partial charge in [-0.1, -0.05) is 112 Å². The minimum absolute atomic E-state index is 0.446. The molecule has 5 heteroatoms. The molecule has 0 N–H and O–H groups in total. The first-order valence-electron chi connectivity index (χ1n) is 22.3. The minimum Gasteiger partial charge on any atom is -0.490 e. The Balaban J connectivity index is 1.03. The van der Waals surface area contributed by atoms with Crippen molar-refractivity contribution >= 4 is 17.1 Å². The molecule has 0 saturated heterocycles. The van der Waals surface area contributed by atoms with Crippen LogP contribution in [0.5, 0.6) is 23.0 Å². The first-order chi connectivity index (χ1) is 29.4. The maximum atomic E-state index is 6.16. The fourth-order valence-corrected chi connectivity index (χ4v) is 7.57. The van der Waals surface area contributed by atoms with Crippen LogP contribution in [0.3, 0.4) is 0 Å². The predicted octanol–water partition coefficient (Wildman–Crippen LogP) is 14.9. The second-order valence-corrected chi connectivity index (χ2v) is 15.9. The Morgan fingerprint density at radius 2 is 0.750 bits per heavy atom. The van der Waals surface area contributed by atoms with Gasteiger partial charge in [0.15, 0.2) is 0 Å². The molecule has 0 fully saturated rings. The molecule has 0 amide bonds. The Hall–Kier alpha value is -5.68. The molecule has 0 bridgehead atoms. The summed E-state index contributed by atoms with van der Waals surface area (Å²) in [7, 11) is 0. The van der Waals surface area contributed by atoms with Gasteiger partial charge in [0.2, 0.25) is 0 Å². The lowest BCUT2D eigenvalue weighted by Crippen LogP contribution is -2.11. The normalized spacial score (nSPS) is 11.0. The van der Waals surface area contributed by atoms with Crippen molar-refractivity contribution in [1.82, 2.24) is 0 Å². The van der Waals surface area contributed by atoms with Gasteiger partial charge >= 0.3 is 0 Å². The van der Waals surface area contributed by atoms with E-state index in [0.29, 0.717) is 26.4 Å². The fraction of sp³-hybridized carbons (Fsp3) is 0.345. The summed E-state index contributed by atoms with van der Waals surface area (Å²) in [6, 6.07) is 46.7. The Labute approximate surface area is 360 Å². The standard InChI is InChI=1S/C55H65NO4/c1-6-8-10-12-14-46-41-55(47(40-44(46)5)15-13-11-9-7-2)45-20-30-52(31-21-45)58-37-39-60-54-34-26-50(27-35-54)56(48-22-16-42(3)17-23-48)49-24-32-53(33-25-49)59-38-36-57-51-28-18-43(4)19-29-51/h16-35,40-41H,6-15,36-39H2,1-5H3. The molecule has 0 aromatic heterocycles. The minimum atomic E-state index is 0.446. The summed E-state index contributed by atoms with van der Waals surface area (Å²) < 4.78 is 24.1. The van der Waals surface area contributed by atoms with E-state index in [1.807, 2.05) is 48.5 Å². The van der Waals surface area contributed by atoms with Crippen molar-refractivity contribution in [2.45, 2.75) is 98.8 Å². The van der Waals surface area contributed by atoms with Crippen molar-refractivity contribution < 1.29 is 18.9 Å². The maximum absolute atomic E-state index is 6.16. The van der Waals surface area contributed by atoms with Crippen molar-refractivity contribution in [3.8, 4) is 34.1 Å². The third kappa shape index (κ3) is 13.2. The van der Waals surface area contributed by atoms with Gasteiger partial charge in [0.05, 0.1) is 0 Å². The number of ether oxygens (including phenoxy) is 4. The average Bonchev–Trinajstić information content (AvgIpc) is 3.27. The Bertz CT molecular complexity index is 2140. The van der Waals surface area contributed by atoms with Crippen LogP contribution in [0, 0.1) is 20.8 Å². The number of benzene rings is 6. The smallest absolute Gasteiger partial charge is 0.122 e. The van der Waals surface area contributed by atoms with Crippen molar-refractivity contribution in [2.75, 3.05) is 31.3 Å². The summed E-state index contributed by atoms with van der Waals surface area (Å²) in [6.07, 6.45) is 12.5. The molecule has 0 saturated carbocycles. The molecule has 0 aliphatic carbocycles. The van der Waals surface area contributed by atoms with E-state index in [1.54, 1.807) is 0 Å². The SMILES string of the molecule is CCCCCCc1cc(-c2ccc(OCCOc3ccc(N(c4ccc(C)cc4)c4ccc(OCCOc5ccc(C)cc5)cc4)cc3)cc2)c(CCCCCC)cc1C. The number of nitrogens with zero attached hydrogens (tertiary/aromatic N) is 1. The molecule has 0 aliphatic rings. The highest BCUT2D eigenvalue weighted by atomic mass is 16.5. The van der Waals surface area contributed by atoms with E-state index in [2.05, 4.69) is 124 Å². The largest absolute Gasteiger partial charge is 0.490 e. The van der Waals surface area contributed by atoms with Crippen molar-refractivity contribution in [1.29, 1.82) is 0 Å². The quantitative estimate of drug-likeness (QED) is 0.0570. The lowest BCUT2D eigenvalue weighted by atomic mass is 9.89. The summed E-state index contributed by atoms with van der Waals surface area (Å²) >= 11 is 0.